The summed E-state index contributed by atoms with van der Waals surface area (Å²) in [5.41, 5.74) is 2.16. The lowest BCUT2D eigenvalue weighted by atomic mass is 10.1. The largest absolute Gasteiger partial charge is 0.438 e. The van der Waals surface area contributed by atoms with E-state index >= 15 is 0 Å². The molecule has 0 spiro atoms. The van der Waals surface area contributed by atoms with E-state index in [9.17, 15) is 0 Å². The smallest absolute Gasteiger partial charge is 0.223 e. The molecule has 2 aromatic rings. The maximum absolute atomic E-state index is 6.04. The monoisotopic (exact) mass is 348 g/mol. The van der Waals surface area contributed by atoms with E-state index in [0.717, 1.165) is 34.3 Å². The van der Waals surface area contributed by atoms with Gasteiger partial charge in [-0.05, 0) is 50.6 Å². The quantitative estimate of drug-likeness (QED) is 0.796. The SMILES string of the molecule is CCCNC(C)c1cccnc1Oc1cc(Br)ccc1C. The minimum absolute atomic E-state index is 0.209. The van der Waals surface area contributed by atoms with Crippen molar-refractivity contribution >= 4 is 15.9 Å². The first-order valence-corrected chi connectivity index (χ1v) is 8.03. The Morgan fingerprint density at radius 2 is 2.14 bits per heavy atom. The highest BCUT2D eigenvalue weighted by Crippen LogP contribution is 2.31. The number of aryl methyl sites for hydroxylation is 1. The highest BCUT2D eigenvalue weighted by molar-refractivity contribution is 9.10. The Hall–Kier alpha value is -1.39. The van der Waals surface area contributed by atoms with Gasteiger partial charge in [0.25, 0.3) is 0 Å². The number of benzene rings is 1. The van der Waals surface area contributed by atoms with E-state index in [-0.39, 0.29) is 6.04 Å². The van der Waals surface area contributed by atoms with Gasteiger partial charge in [0.1, 0.15) is 5.75 Å². The number of ether oxygens (including phenoxy) is 1. The predicted octanol–water partition coefficient (Wildman–Crippen LogP) is 5.01. The van der Waals surface area contributed by atoms with E-state index < -0.39 is 0 Å². The fourth-order valence-corrected chi connectivity index (χ4v) is 2.42. The lowest BCUT2D eigenvalue weighted by Crippen LogP contribution is -2.20. The average molecular weight is 349 g/mol. The number of nitrogens with one attached hydrogen (secondary N) is 1. The van der Waals surface area contributed by atoms with Crippen LogP contribution < -0.4 is 10.1 Å². The molecule has 3 nitrogen and oxygen atoms in total. The molecule has 0 saturated carbocycles. The fourth-order valence-electron chi connectivity index (χ4n) is 2.08. The molecule has 4 heteroatoms. The first-order chi connectivity index (χ1) is 10.1. The molecule has 1 atom stereocenters. The van der Waals surface area contributed by atoms with E-state index in [1.165, 1.54) is 0 Å². The van der Waals surface area contributed by atoms with Gasteiger partial charge in [0.05, 0.1) is 0 Å². The molecule has 0 aliphatic heterocycles. The van der Waals surface area contributed by atoms with Gasteiger partial charge in [-0.2, -0.15) is 0 Å². The van der Waals surface area contributed by atoms with E-state index in [4.69, 9.17) is 4.74 Å². The Balaban J connectivity index is 2.25. The number of pyridine rings is 1. The second-order valence-corrected chi connectivity index (χ2v) is 6.00. The molecule has 0 fully saturated rings. The number of hydrogen-bond donors (Lipinski definition) is 1. The van der Waals surface area contributed by atoms with Crippen molar-refractivity contribution in [3.05, 3.63) is 52.1 Å². The van der Waals surface area contributed by atoms with Gasteiger partial charge in [-0.25, -0.2) is 4.98 Å². The number of halogens is 1. The summed E-state index contributed by atoms with van der Waals surface area (Å²) in [6, 6.07) is 10.2. The average Bonchev–Trinajstić information content (AvgIpc) is 2.49. The zero-order chi connectivity index (χ0) is 15.2. The van der Waals surface area contributed by atoms with Crippen LogP contribution in [0.3, 0.4) is 0 Å². The molecule has 2 rings (SSSR count). The maximum Gasteiger partial charge on any atom is 0.223 e. The van der Waals surface area contributed by atoms with Gasteiger partial charge < -0.3 is 10.1 Å². The van der Waals surface area contributed by atoms with Gasteiger partial charge in [0.15, 0.2) is 0 Å². The van der Waals surface area contributed by atoms with Crippen molar-refractivity contribution in [2.45, 2.75) is 33.2 Å². The predicted molar refractivity (Wildman–Crippen MR) is 89.9 cm³/mol. The molecule has 1 heterocycles. The summed E-state index contributed by atoms with van der Waals surface area (Å²) in [5, 5.41) is 3.47. The second-order valence-electron chi connectivity index (χ2n) is 5.09. The van der Waals surface area contributed by atoms with Gasteiger partial charge in [-0.15, -0.1) is 0 Å². The van der Waals surface area contributed by atoms with E-state index in [1.54, 1.807) is 6.20 Å². The number of hydrogen-bond acceptors (Lipinski definition) is 3. The van der Waals surface area contributed by atoms with Crippen molar-refractivity contribution in [2.75, 3.05) is 6.54 Å². The molecule has 1 aromatic heterocycles. The fraction of sp³-hybridized carbons (Fsp3) is 0.353. The lowest BCUT2D eigenvalue weighted by Gasteiger charge is -2.17. The molecule has 112 valence electrons. The molecule has 1 aromatic carbocycles. The molecule has 1 unspecified atom stereocenters. The Kier molecular flexibility index (Phi) is 5.76. The van der Waals surface area contributed by atoms with Crippen molar-refractivity contribution in [2.24, 2.45) is 0 Å². The Bertz CT molecular complexity index is 601. The Morgan fingerprint density at radius 3 is 2.90 bits per heavy atom. The third kappa shape index (κ3) is 4.29. The summed E-state index contributed by atoms with van der Waals surface area (Å²) < 4.78 is 7.04. The van der Waals surface area contributed by atoms with Crippen LogP contribution in [0.15, 0.2) is 41.0 Å². The van der Waals surface area contributed by atoms with Crippen LogP contribution in [-0.4, -0.2) is 11.5 Å². The second kappa shape index (κ2) is 7.57. The van der Waals surface area contributed by atoms with Crippen LogP contribution in [0.4, 0.5) is 0 Å². The first-order valence-electron chi connectivity index (χ1n) is 7.24. The van der Waals surface area contributed by atoms with E-state index in [1.807, 2.05) is 31.2 Å². The summed E-state index contributed by atoms with van der Waals surface area (Å²) in [6.07, 6.45) is 2.87. The molecule has 0 saturated heterocycles. The van der Waals surface area contributed by atoms with E-state index in [0.29, 0.717) is 5.88 Å². The van der Waals surface area contributed by atoms with Crippen molar-refractivity contribution in [1.82, 2.24) is 10.3 Å². The van der Waals surface area contributed by atoms with Gasteiger partial charge in [-0.1, -0.05) is 35.0 Å². The molecule has 0 bridgehead atoms. The summed E-state index contributed by atoms with van der Waals surface area (Å²) >= 11 is 3.48. The highest BCUT2D eigenvalue weighted by atomic mass is 79.9. The Labute approximate surface area is 134 Å². The van der Waals surface area contributed by atoms with Crippen molar-refractivity contribution in [3.8, 4) is 11.6 Å². The summed E-state index contributed by atoms with van der Waals surface area (Å²) in [5.74, 6) is 1.49. The Morgan fingerprint density at radius 1 is 1.33 bits per heavy atom. The number of rotatable bonds is 6. The minimum Gasteiger partial charge on any atom is -0.438 e. The normalized spacial score (nSPS) is 12.2. The standard InChI is InChI=1S/C17H21BrN2O/c1-4-9-19-13(3)15-6-5-10-20-17(15)21-16-11-14(18)8-7-12(16)2/h5-8,10-11,13,19H,4,9H2,1-3H3. The van der Waals surface area contributed by atoms with Gasteiger partial charge in [-0.3, -0.25) is 0 Å². The third-order valence-electron chi connectivity index (χ3n) is 3.32. The highest BCUT2D eigenvalue weighted by Gasteiger charge is 2.13. The van der Waals surface area contributed by atoms with E-state index in [2.05, 4.69) is 46.1 Å². The van der Waals surface area contributed by atoms with Crippen LogP contribution in [-0.2, 0) is 0 Å². The lowest BCUT2D eigenvalue weighted by molar-refractivity contribution is 0.439. The minimum atomic E-state index is 0.209. The van der Waals surface area contributed by atoms with Crippen molar-refractivity contribution in [3.63, 3.8) is 0 Å². The third-order valence-corrected chi connectivity index (χ3v) is 3.82. The number of nitrogens with zero attached hydrogens (tertiary/aromatic N) is 1. The summed E-state index contributed by atoms with van der Waals surface area (Å²) in [4.78, 5) is 4.40. The molecular weight excluding hydrogens is 328 g/mol. The van der Waals surface area contributed by atoms with Crippen LogP contribution in [0, 0.1) is 6.92 Å². The first kappa shape index (κ1) is 16.0. The summed E-state index contributed by atoms with van der Waals surface area (Å²) in [7, 11) is 0. The van der Waals surface area contributed by atoms with Crippen molar-refractivity contribution in [1.29, 1.82) is 0 Å². The molecule has 0 aliphatic rings. The zero-order valence-electron chi connectivity index (χ0n) is 12.7. The van der Waals surface area contributed by atoms with Crippen molar-refractivity contribution < 1.29 is 4.74 Å². The van der Waals surface area contributed by atoms with Crippen LogP contribution in [0.2, 0.25) is 0 Å². The summed E-state index contributed by atoms with van der Waals surface area (Å²) in [6.45, 7) is 7.30. The number of aromatic nitrogens is 1. The topological polar surface area (TPSA) is 34.2 Å². The van der Waals surface area contributed by atoms with Crippen LogP contribution >= 0.6 is 15.9 Å². The molecule has 0 amide bonds. The zero-order valence-corrected chi connectivity index (χ0v) is 14.3. The van der Waals surface area contributed by atoms with Gasteiger partial charge in [0, 0.05) is 22.3 Å². The molecule has 21 heavy (non-hydrogen) atoms. The van der Waals surface area contributed by atoms with Crippen LogP contribution in [0.25, 0.3) is 0 Å². The molecular formula is C17H21BrN2O. The maximum atomic E-state index is 6.04. The molecule has 0 radical (unpaired) electrons. The van der Waals surface area contributed by atoms with Crippen LogP contribution in [0.1, 0.15) is 37.4 Å². The molecule has 1 N–H and O–H groups in total. The van der Waals surface area contributed by atoms with Gasteiger partial charge in [0.2, 0.25) is 5.88 Å². The van der Waals surface area contributed by atoms with Crippen LogP contribution in [0.5, 0.6) is 11.6 Å². The molecule has 0 aliphatic carbocycles. The van der Waals surface area contributed by atoms with Gasteiger partial charge >= 0.3 is 0 Å².